The topological polar surface area (TPSA) is 75.6 Å². The summed E-state index contributed by atoms with van der Waals surface area (Å²) in [5, 5.41) is 12.1. The Balaban J connectivity index is 2.42. The Bertz CT molecular complexity index is 966. The van der Waals surface area contributed by atoms with E-state index in [1.807, 2.05) is 0 Å². The maximum atomic E-state index is 14.0. The normalized spacial score (nSPS) is 12.4. The number of hydrogen-bond donors (Lipinski definition) is 2. The van der Waals surface area contributed by atoms with E-state index < -0.39 is 64.6 Å². The number of Topliss-reactive ketones (excluding diaryl/α,β-unsaturated/α-hetero) is 1. The summed E-state index contributed by atoms with van der Waals surface area (Å²) in [6.45, 7) is 0.698. The fourth-order valence-corrected chi connectivity index (χ4v) is 2.64. The highest BCUT2D eigenvalue weighted by molar-refractivity contribution is 6.24. The molecule has 2 N–H and O–H groups in total. The molecule has 0 saturated heterocycles. The van der Waals surface area contributed by atoms with Gasteiger partial charge in [-0.2, -0.15) is 0 Å². The zero-order valence-electron chi connectivity index (χ0n) is 16.2. The standard InChI is InChI=1S/C21H18F5NO4/c1-2-31-21(30)13(9-27-12(10-28)8-11-6-4-3-5-7-11)20(29)14-15(22)17(24)19(26)18(25)16(14)23/h3-7,9,12,27-28H,2,8,10H2,1H3/t12-/m0/s1. The van der Waals surface area contributed by atoms with Crippen molar-refractivity contribution in [3.8, 4) is 0 Å². The number of halogens is 5. The Morgan fingerprint density at radius 3 is 2.06 bits per heavy atom. The molecule has 31 heavy (non-hydrogen) atoms. The molecule has 2 rings (SSSR count). The number of aliphatic hydroxyl groups is 1. The van der Waals surface area contributed by atoms with Gasteiger partial charge in [0.2, 0.25) is 11.6 Å². The van der Waals surface area contributed by atoms with Crippen molar-refractivity contribution in [1.82, 2.24) is 5.32 Å². The molecule has 0 fully saturated rings. The minimum Gasteiger partial charge on any atom is -0.462 e. The first-order valence-electron chi connectivity index (χ1n) is 9.07. The Morgan fingerprint density at radius 2 is 1.55 bits per heavy atom. The van der Waals surface area contributed by atoms with Crippen molar-refractivity contribution in [2.45, 2.75) is 19.4 Å². The highest BCUT2D eigenvalue weighted by atomic mass is 19.2. The molecule has 0 aromatic heterocycles. The lowest BCUT2D eigenvalue weighted by Crippen LogP contribution is -2.32. The average molecular weight is 443 g/mol. The summed E-state index contributed by atoms with van der Waals surface area (Å²) in [7, 11) is 0. The predicted molar refractivity (Wildman–Crippen MR) is 99.4 cm³/mol. The number of carbonyl (C=O) groups is 2. The lowest BCUT2D eigenvalue weighted by molar-refractivity contribution is -0.138. The minimum atomic E-state index is -2.44. The van der Waals surface area contributed by atoms with Gasteiger partial charge in [0.25, 0.3) is 0 Å². The average Bonchev–Trinajstić information content (AvgIpc) is 2.76. The van der Waals surface area contributed by atoms with Crippen LogP contribution in [0.15, 0.2) is 42.1 Å². The first kappa shape index (κ1) is 24.0. The third kappa shape index (κ3) is 5.46. The summed E-state index contributed by atoms with van der Waals surface area (Å²) in [4.78, 5) is 24.7. The number of ether oxygens (including phenoxy) is 1. The Hall–Kier alpha value is -3.27. The van der Waals surface area contributed by atoms with Crippen LogP contribution in [0, 0.1) is 29.1 Å². The summed E-state index contributed by atoms with van der Waals surface area (Å²) in [6.07, 6.45) is 0.961. The molecule has 0 aliphatic heterocycles. The molecule has 1 atom stereocenters. The van der Waals surface area contributed by atoms with Gasteiger partial charge in [-0.15, -0.1) is 0 Å². The van der Waals surface area contributed by atoms with Crippen LogP contribution in [0.2, 0.25) is 0 Å². The van der Waals surface area contributed by atoms with E-state index in [2.05, 4.69) is 10.1 Å². The van der Waals surface area contributed by atoms with Crippen LogP contribution in [-0.4, -0.2) is 36.1 Å². The Kier molecular flexibility index (Phi) is 8.26. The predicted octanol–water partition coefficient (Wildman–Crippen LogP) is 3.21. The second-order valence-electron chi connectivity index (χ2n) is 6.29. The van der Waals surface area contributed by atoms with Crippen molar-refractivity contribution in [1.29, 1.82) is 0 Å². The number of ketones is 1. The van der Waals surface area contributed by atoms with E-state index >= 15 is 0 Å². The smallest absolute Gasteiger partial charge is 0.343 e. The van der Waals surface area contributed by atoms with Gasteiger partial charge < -0.3 is 15.2 Å². The van der Waals surface area contributed by atoms with Gasteiger partial charge in [0.15, 0.2) is 23.3 Å². The third-order valence-electron chi connectivity index (χ3n) is 4.19. The first-order valence-corrected chi connectivity index (χ1v) is 9.07. The molecule has 0 heterocycles. The molecule has 0 bridgehead atoms. The van der Waals surface area contributed by atoms with E-state index in [1.54, 1.807) is 30.3 Å². The fourth-order valence-electron chi connectivity index (χ4n) is 2.64. The molecular weight excluding hydrogens is 425 g/mol. The zero-order chi connectivity index (χ0) is 23.1. The molecular formula is C21H18F5NO4. The van der Waals surface area contributed by atoms with Crippen LogP contribution < -0.4 is 5.32 Å². The Morgan fingerprint density at radius 1 is 1.00 bits per heavy atom. The summed E-state index contributed by atoms with van der Waals surface area (Å²) in [5.74, 6) is -14.9. The van der Waals surface area contributed by atoms with Gasteiger partial charge in [0, 0.05) is 6.20 Å². The van der Waals surface area contributed by atoms with E-state index in [9.17, 15) is 36.6 Å². The maximum Gasteiger partial charge on any atom is 0.343 e. The number of nitrogens with one attached hydrogen (secondary N) is 1. The monoisotopic (exact) mass is 443 g/mol. The summed E-state index contributed by atoms with van der Waals surface area (Å²) in [5.41, 5.74) is -2.01. The van der Waals surface area contributed by atoms with Crippen molar-refractivity contribution in [3.63, 3.8) is 0 Å². The van der Waals surface area contributed by atoms with Gasteiger partial charge >= 0.3 is 5.97 Å². The van der Waals surface area contributed by atoms with Gasteiger partial charge in [0.1, 0.15) is 11.1 Å². The zero-order valence-corrected chi connectivity index (χ0v) is 16.2. The molecule has 166 valence electrons. The van der Waals surface area contributed by atoms with Gasteiger partial charge in [-0.05, 0) is 18.9 Å². The largest absolute Gasteiger partial charge is 0.462 e. The molecule has 0 amide bonds. The molecule has 0 unspecified atom stereocenters. The van der Waals surface area contributed by atoms with Crippen LogP contribution in [0.1, 0.15) is 22.8 Å². The van der Waals surface area contributed by atoms with Gasteiger partial charge in [-0.25, -0.2) is 26.7 Å². The van der Waals surface area contributed by atoms with Crippen LogP contribution in [0.4, 0.5) is 22.0 Å². The lowest BCUT2D eigenvalue weighted by atomic mass is 10.0. The van der Waals surface area contributed by atoms with Crippen LogP contribution in [0.25, 0.3) is 0 Å². The van der Waals surface area contributed by atoms with Crippen molar-refractivity contribution in [3.05, 3.63) is 82.3 Å². The summed E-state index contributed by atoms with van der Waals surface area (Å²) < 4.78 is 73.0. The Labute approximate surface area is 174 Å². The van der Waals surface area contributed by atoms with Gasteiger partial charge in [0.05, 0.1) is 19.3 Å². The van der Waals surface area contributed by atoms with E-state index in [4.69, 9.17) is 0 Å². The number of hydrogen-bond acceptors (Lipinski definition) is 5. The molecule has 0 saturated carbocycles. The quantitative estimate of drug-likeness (QED) is 0.0910. The van der Waals surface area contributed by atoms with Crippen molar-refractivity contribution in [2.75, 3.05) is 13.2 Å². The van der Waals surface area contributed by atoms with Crippen LogP contribution >= 0.6 is 0 Å². The number of rotatable bonds is 9. The molecule has 0 aliphatic rings. The third-order valence-corrected chi connectivity index (χ3v) is 4.19. The summed E-state index contributed by atoms with van der Waals surface area (Å²) >= 11 is 0. The molecule has 0 radical (unpaired) electrons. The van der Waals surface area contributed by atoms with E-state index in [-0.39, 0.29) is 13.0 Å². The van der Waals surface area contributed by atoms with Crippen molar-refractivity contribution in [2.24, 2.45) is 0 Å². The number of esters is 1. The second-order valence-corrected chi connectivity index (χ2v) is 6.29. The van der Waals surface area contributed by atoms with E-state index in [0.29, 0.717) is 0 Å². The number of carbonyl (C=O) groups excluding carboxylic acids is 2. The van der Waals surface area contributed by atoms with Crippen LogP contribution in [-0.2, 0) is 16.0 Å². The highest BCUT2D eigenvalue weighted by Gasteiger charge is 2.33. The van der Waals surface area contributed by atoms with Gasteiger partial charge in [-0.1, -0.05) is 30.3 Å². The molecule has 2 aromatic carbocycles. The maximum absolute atomic E-state index is 14.0. The van der Waals surface area contributed by atoms with Gasteiger partial charge in [-0.3, -0.25) is 4.79 Å². The van der Waals surface area contributed by atoms with Crippen LogP contribution in [0.5, 0.6) is 0 Å². The SMILES string of the molecule is CCOC(=O)C(=CN[C@H](CO)Cc1ccccc1)C(=O)c1c(F)c(F)c(F)c(F)c1F. The molecule has 5 nitrogen and oxygen atoms in total. The highest BCUT2D eigenvalue weighted by Crippen LogP contribution is 2.25. The van der Waals surface area contributed by atoms with Crippen molar-refractivity contribution >= 4 is 11.8 Å². The summed E-state index contributed by atoms with van der Waals surface area (Å²) in [6, 6.07) is 8.02. The van der Waals surface area contributed by atoms with Crippen molar-refractivity contribution < 1.29 is 41.4 Å². The molecule has 0 spiro atoms. The fraction of sp³-hybridized carbons (Fsp3) is 0.238. The number of benzene rings is 2. The lowest BCUT2D eigenvalue weighted by Gasteiger charge is -2.16. The minimum absolute atomic E-state index is 0.228. The van der Waals surface area contributed by atoms with E-state index in [0.717, 1.165) is 11.8 Å². The van der Waals surface area contributed by atoms with Crippen LogP contribution in [0.3, 0.4) is 0 Å². The van der Waals surface area contributed by atoms with E-state index in [1.165, 1.54) is 6.92 Å². The molecule has 2 aromatic rings. The molecule has 10 heteroatoms. The first-order chi connectivity index (χ1) is 14.7. The molecule has 0 aliphatic carbocycles. The number of aliphatic hydroxyl groups excluding tert-OH is 1. The second kappa shape index (κ2) is 10.7.